The van der Waals surface area contributed by atoms with E-state index in [2.05, 4.69) is 0 Å². The molecule has 0 bridgehead atoms. The van der Waals surface area contributed by atoms with Crippen LogP contribution in [0, 0.1) is 5.92 Å². The third kappa shape index (κ3) is 3.35. The molecule has 0 unspecified atom stereocenters. The van der Waals surface area contributed by atoms with Crippen LogP contribution in [-0.2, 0) is 20.8 Å². The highest BCUT2D eigenvalue weighted by atomic mass is 32.2. The van der Waals surface area contributed by atoms with E-state index in [1.165, 1.54) is 12.1 Å². The summed E-state index contributed by atoms with van der Waals surface area (Å²) in [5.41, 5.74) is -0.505. The monoisotopic (exact) mass is 387 g/mol. The van der Waals surface area contributed by atoms with Gasteiger partial charge >= 0.3 is 6.18 Å². The van der Waals surface area contributed by atoms with Crippen molar-refractivity contribution in [1.29, 1.82) is 0 Å². The van der Waals surface area contributed by atoms with Crippen molar-refractivity contribution in [3.8, 4) is 0 Å². The average molecular weight is 387 g/mol. The summed E-state index contributed by atoms with van der Waals surface area (Å²) >= 11 is 0. The van der Waals surface area contributed by atoms with E-state index in [1.807, 2.05) is 0 Å². The lowest BCUT2D eigenvalue weighted by Gasteiger charge is -2.28. The number of rotatable bonds is 4. The molecule has 26 heavy (non-hydrogen) atoms. The van der Waals surface area contributed by atoms with Crippen LogP contribution in [0.2, 0.25) is 0 Å². The number of alkyl halides is 3. The fourth-order valence-electron chi connectivity index (χ4n) is 4.09. The molecule has 1 saturated heterocycles. The first-order valence-corrected chi connectivity index (χ1v) is 10.7. The molecule has 0 N–H and O–H groups in total. The molecule has 8 heteroatoms. The molecule has 1 aliphatic heterocycles. The highest BCUT2D eigenvalue weighted by molar-refractivity contribution is 7.91. The Hall–Kier alpha value is -1.57. The van der Waals surface area contributed by atoms with E-state index < -0.39 is 33.4 Å². The van der Waals surface area contributed by atoms with Gasteiger partial charge in [0.15, 0.2) is 9.84 Å². The number of halogens is 3. The summed E-state index contributed by atoms with van der Waals surface area (Å²) in [5, 5.41) is 0. The van der Waals surface area contributed by atoms with Crippen molar-refractivity contribution in [3.05, 3.63) is 35.4 Å². The summed E-state index contributed by atoms with van der Waals surface area (Å²) in [6.07, 6.45) is -1.92. The Balaban J connectivity index is 1.54. The molecule has 142 valence electrons. The normalized spacial score (nSPS) is 30.2. The Morgan fingerprint density at radius 1 is 1.08 bits per heavy atom. The average Bonchev–Trinajstić information content (AvgIpc) is 3.46. The van der Waals surface area contributed by atoms with Crippen molar-refractivity contribution < 1.29 is 26.4 Å². The van der Waals surface area contributed by atoms with Gasteiger partial charge in [-0.05, 0) is 43.2 Å². The molecule has 0 spiro atoms. The van der Waals surface area contributed by atoms with E-state index in [9.17, 15) is 26.4 Å². The van der Waals surface area contributed by atoms with Crippen LogP contribution in [0.25, 0.3) is 0 Å². The van der Waals surface area contributed by atoms with Gasteiger partial charge in [0.05, 0.1) is 17.1 Å². The van der Waals surface area contributed by atoms with Gasteiger partial charge in [-0.3, -0.25) is 4.79 Å². The van der Waals surface area contributed by atoms with Crippen molar-refractivity contribution in [2.24, 2.45) is 5.92 Å². The summed E-state index contributed by atoms with van der Waals surface area (Å²) in [6, 6.07) is 5.15. The van der Waals surface area contributed by atoms with E-state index in [4.69, 9.17) is 0 Å². The molecule has 1 aromatic rings. The fourth-order valence-corrected chi connectivity index (χ4v) is 5.80. The van der Waals surface area contributed by atoms with Crippen LogP contribution < -0.4 is 0 Å². The minimum absolute atomic E-state index is 0.0221. The summed E-state index contributed by atoms with van der Waals surface area (Å²) < 4.78 is 63.2. The molecular weight excluding hydrogens is 367 g/mol. The summed E-state index contributed by atoms with van der Waals surface area (Å²) in [4.78, 5) is 14.7. The van der Waals surface area contributed by atoms with Gasteiger partial charge in [0.25, 0.3) is 0 Å². The Kier molecular flexibility index (Phi) is 4.09. The third-order valence-electron chi connectivity index (χ3n) is 5.57. The van der Waals surface area contributed by atoms with Crippen molar-refractivity contribution in [3.63, 3.8) is 0 Å². The number of hydrogen-bond acceptors (Lipinski definition) is 3. The maximum absolute atomic E-state index is 13.2. The molecule has 3 atom stereocenters. The van der Waals surface area contributed by atoms with Gasteiger partial charge in [-0.15, -0.1) is 0 Å². The molecule has 0 radical (unpaired) electrons. The van der Waals surface area contributed by atoms with E-state index in [-0.39, 0.29) is 35.1 Å². The first-order valence-electron chi connectivity index (χ1n) is 8.86. The number of benzene rings is 1. The predicted octanol–water partition coefficient (Wildman–Crippen LogP) is 2.99. The molecule has 1 amide bonds. The highest BCUT2D eigenvalue weighted by Crippen LogP contribution is 2.53. The standard InChI is InChI=1S/C18H20F3NO3S/c19-18(20,21)16-4-2-1-3-13(16)14-9-15(14)17(23)22(11-5-6-11)12-7-8-26(24,25)10-12/h1-4,11-12,14-15H,5-10H2/t12-,14-,15-/m1/s1. The summed E-state index contributed by atoms with van der Waals surface area (Å²) in [6.45, 7) is 0. The van der Waals surface area contributed by atoms with Crippen LogP contribution in [0.3, 0.4) is 0 Å². The van der Waals surface area contributed by atoms with Crippen molar-refractivity contribution in [1.82, 2.24) is 4.90 Å². The lowest BCUT2D eigenvalue weighted by molar-refractivity contribution is -0.139. The number of hydrogen-bond donors (Lipinski definition) is 0. The van der Waals surface area contributed by atoms with Crippen molar-refractivity contribution >= 4 is 15.7 Å². The van der Waals surface area contributed by atoms with Crippen molar-refractivity contribution in [2.45, 2.75) is 49.9 Å². The Bertz CT molecular complexity index is 832. The molecule has 1 aromatic carbocycles. The van der Waals surface area contributed by atoms with E-state index in [0.717, 1.165) is 18.9 Å². The zero-order chi connectivity index (χ0) is 18.7. The first kappa shape index (κ1) is 17.8. The Morgan fingerprint density at radius 2 is 1.77 bits per heavy atom. The van der Waals surface area contributed by atoms with E-state index >= 15 is 0 Å². The highest BCUT2D eigenvalue weighted by Gasteiger charge is 2.52. The second kappa shape index (κ2) is 5.97. The van der Waals surface area contributed by atoms with E-state index in [1.54, 1.807) is 11.0 Å². The van der Waals surface area contributed by atoms with Crippen LogP contribution in [0.5, 0.6) is 0 Å². The topological polar surface area (TPSA) is 54.5 Å². The molecule has 1 heterocycles. The molecule has 4 rings (SSSR count). The zero-order valence-electron chi connectivity index (χ0n) is 14.1. The number of nitrogens with zero attached hydrogens (tertiary/aromatic N) is 1. The second-order valence-electron chi connectivity index (χ2n) is 7.57. The largest absolute Gasteiger partial charge is 0.416 e. The lowest BCUT2D eigenvalue weighted by atomic mass is 10.0. The molecule has 3 fully saturated rings. The van der Waals surface area contributed by atoms with Crippen LogP contribution in [-0.4, -0.2) is 42.8 Å². The minimum Gasteiger partial charge on any atom is -0.335 e. The predicted molar refractivity (Wildman–Crippen MR) is 89.2 cm³/mol. The van der Waals surface area contributed by atoms with Crippen molar-refractivity contribution in [2.75, 3.05) is 11.5 Å². The maximum Gasteiger partial charge on any atom is 0.416 e. The SMILES string of the molecule is O=C([C@@H]1C[C@@H]1c1ccccc1C(F)(F)F)N(C1CC1)[C@@H]1CCS(=O)(=O)C1. The third-order valence-corrected chi connectivity index (χ3v) is 7.32. The second-order valence-corrected chi connectivity index (χ2v) is 9.80. The lowest BCUT2D eigenvalue weighted by Crippen LogP contribution is -2.43. The minimum atomic E-state index is -4.44. The van der Waals surface area contributed by atoms with Crippen LogP contribution in [0.1, 0.15) is 42.7 Å². The summed E-state index contributed by atoms with van der Waals surface area (Å²) in [5.74, 6) is -1.01. The quantitative estimate of drug-likeness (QED) is 0.798. The number of sulfone groups is 1. The van der Waals surface area contributed by atoms with Gasteiger partial charge in [0, 0.05) is 18.0 Å². The van der Waals surface area contributed by atoms with Gasteiger partial charge in [-0.1, -0.05) is 18.2 Å². The maximum atomic E-state index is 13.2. The van der Waals surface area contributed by atoms with Crippen LogP contribution in [0.4, 0.5) is 13.2 Å². The molecule has 3 aliphatic rings. The molecule has 2 aliphatic carbocycles. The first-order chi connectivity index (χ1) is 12.2. The molecular formula is C18H20F3NO3S. The molecule has 0 aromatic heterocycles. The Labute approximate surface area is 150 Å². The molecule has 2 saturated carbocycles. The van der Waals surface area contributed by atoms with Gasteiger partial charge in [0.1, 0.15) is 0 Å². The van der Waals surface area contributed by atoms with Gasteiger partial charge in [-0.2, -0.15) is 13.2 Å². The van der Waals surface area contributed by atoms with E-state index in [0.29, 0.717) is 12.8 Å². The van der Waals surface area contributed by atoms with Gasteiger partial charge in [-0.25, -0.2) is 8.42 Å². The molecule has 4 nitrogen and oxygen atoms in total. The number of carbonyl (C=O) groups is 1. The van der Waals surface area contributed by atoms with Crippen LogP contribution >= 0.6 is 0 Å². The number of amides is 1. The smallest absolute Gasteiger partial charge is 0.335 e. The summed E-state index contributed by atoms with van der Waals surface area (Å²) in [7, 11) is -3.12. The van der Waals surface area contributed by atoms with Crippen LogP contribution in [0.15, 0.2) is 24.3 Å². The van der Waals surface area contributed by atoms with Gasteiger partial charge in [0.2, 0.25) is 5.91 Å². The van der Waals surface area contributed by atoms with Gasteiger partial charge < -0.3 is 4.90 Å². The number of carbonyl (C=O) groups excluding carboxylic acids is 1. The Morgan fingerprint density at radius 3 is 2.35 bits per heavy atom. The zero-order valence-corrected chi connectivity index (χ0v) is 14.9. The fraction of sp³-hybridized carbons (Fsp3) is 0.611.